The van der Waals surface area contributed by atoms with Crippen molar-refractivity contribution in [2.45, 2.75) is 0 Å². The molecule has 0 spiro atoms. The molecule has 2 aromatic rings. The number of rotatable bonds is 3. The van der Waals surface area contributed by atoms with E-state index in [1.807, 2.05) is 24.3 Å². The molecule has 1 heterocycles. The highest BCUT2D eigenvalue weighted by Crippen LogP contribution is 2.32. The van der Waals surface area contributed by atoms with Crippen LogP contribution in [0.2, 0.25) is 5.15 Å². The van der Waals surface area contributed by atoms with E-state index in [1.54, 1.807) is 7.11 Å². The predicted octanol–water partition coefficient (Wildman–Crippen LogP) is 3.20. The number of methoxy groups -OCH3 is 2. The van der Waals surface area contributed by atoms with Crippen molar-refractivity contribution >= 4 is 17.6 Å². The van der Waals surface area contributed by atoms with E-state index >= 15 is 0 Å². The highest BCUT2D eigenvalue weighted by molar-refractivity contribution is 6.29. The summed E-state index contributed by atoms with van der Waals surface area (Å²) in [5, 5.41) is 0.235. The van der Waals surface area contributed by atoms with Crippen molar-refractivity contribution in [2.75, 3.05) is 14.2 Å². The Morgan fingerprint density at radius 2 is 1.95 bits per heavy atom. The number of nitrogens with zero attached hydrogens (tertiary/aromatic N) is 1. The number of pyridine rings is 1. The van der Waals surface area contributed by atoms with Crippen LogP contribution in [0, 0.1) is 0 Å². The number of carbonyl (C=O) groups excluding carboxylic acids is 1. The topological polar surface area (TPSA) is 48.4 Å². The Hall–Kier alpha value is -2.07. The first kappa shape index (κ1) is 13.4. The van der Waals surface area contributed by atoms with Gasteiger partial charge in [-0.3, -0.25) is 0 Å². The van der Waals surface area contributed by atoms with Crippen molar-refractivity contribution in [1.29, 1.82) is 0 Å². The van der Waals surface area contributed by atoms with Gasteiger partial charge < -0.3 is 9.47 Å². The van der Waals surface area contributed by atoms with Gasteiger partial charge in [0.15, 0.2) is 0 Å². The van der Waals surface area contributed by atoms with Gasteiger partial charge in [-0.2, -0.15) is 0 Å². The zero-order valence-corrected chi connectivity index (χ0v) is 11.3. The molecule has 98 valence electrons. The molecular formula is C14H12ClNO3. The number of aromatic nitrogens is 1. The van der Waals surface area contributed by atoms with Gasteiger partial charge in [-0.1, -0.05) is 29.8 Å². The molecule has 0 saturated carbocycles. The molecule has 2 rings (SSSR count). The van der Waals surface area contributed by atoms with E-state index in [0.717, 1.165) is 5.56 Å². The lowest BCUT2D eigenvalue weighted by Crippen LogP contribution is -2.05. The summed E-state index contributed by atoms with van der Waals surface area (Å²) < 4.78 is 10.0. The van der Waals surface area contributed by atoms with Crippen molar-refractivity contribution in [3.05, 3.63) is 47.2 Å². The van der Waals surface area contributed by atoms with Crippen molar-refractivity contribution < 1.29 is 14.3 Å². The average molecular weight is 278 g/mol. The van der Waals surface area contributed by atoms with Gasteiger partial charge in [-0.25, -0.2) is 9.78 Å². The van der Waals surface area contributed by atoms with E-state index in [1.165, 1.54) is 19.4 Å². The van der Waals surface area contributed by atoms with E-state index < -0.39 is 5.97 Å². The number of hydrogen-bond donors (Lipinski definition) is 0. The van der Waals surface area contributed by atoms with E-state index in [-0.39, 0.29) is 5.15 Å². The Kier molecular flexibility index (Phi) is 4.02. The molecule has 0 unspecified atom stereocenters. The normalized spacial score (nSPS) is 10.1. The number of para-hydroxylation sites is 1. The minimum absolute atomic E-state index is 0.235. The number of carbonyl (C=O) groups is 1. The molecule has 0 aliphatic carbocycles. The van der Waals surface area contributed by atoms with Gasteiger partial charge in [0, 0.05) is 17.3 Å². The number of halogens is 1. The van der Waals surface area contributed by atoms with Crippen LogP contribution in [0.4, 0.5) is 0 Å². The number of benzene rings is 1. The molecule has 0 atom stereocenters. The Morgan fingerprint density at radius 3 is 2.63 bits per heavy atom. The summed E-state index contributed by atoms with van der Waals surface area (Å²) in [4.78, 5) is 15.8. The number of hydrogen-bond acceptors (Lipinski definition) is 4. The van der Waals surface area contributed by atoms with Crippen molar-refractivity contribution in [3.8, 4) is 16.9 Å². The van der Waals surface area contributed by atoms with Crippen molar-refractivity contribution in [3.63, 3.8) is 0 Å². The molecule has 0 bridgehead atoms. The lowest BCUT2D eigenvalue weighted by molar-refractivity contribution is 0.0601. The third kappa shape index (κ3) is 2.69. The maximum Gasteiger partial charge on any atom is 0.338 e. The average Bonchev–Trinajstić information content (AvgIpc) is 2.46. The minimum Gasteiger partial charge on any atom is -0.496 e. The van der Waals surface area contributed by atoms with Crippen LogP contribution in [0.25, 0.3) is 11.1 Å². The third-order valence-electron chi connectivity index (χ3n) is 2.67. The summed E-state index contributed by atoms with van der Waals surface area (Å²) in [5.74, 6) is 0.182. The Labute approximate surface area is 115 Å². The van der Waals surface area contributed by atoms with Gasteiger partial charge in [0.1, 0.15) is 10.9 Å². The van der Waals surface area contributed by atoms with E-state index in [2.05, 4.69) is 4.98 Å². The number of esters is 1. The first-order valence-electron chi connectivity index (χ1n) is 5.54. The van der Waals surface area contributed by atoms with Crippen LogP contribution in [-0.4, -0.2) is 25.2 Å². The summed E-state index contributed by atoms with van der Waals surface area (Å²) in [6.07, 6.45) is 1.53. The molecule has 0 aliphatic heterocycles. The summed E-state index contributed by atoms with van der Waals surface area (Å²) in [7, 11) is 2.89. The highest BCUT2D eigenvalue weighted by atomic mass is 35.5. The second-order valence-electron chi connectivity index (χ2n) is 3.74. The maximum absolute atomic E-state index is 11.8. The SMILES string of the molecule is COC(=O)c1cc(Cl)ncc1-c1ccccc1OC. The van der Waals surface area contributed by atoms with Gasteiger partial charge >= 0.3 is 5.97 Å². The quantitative estimate of drug-likeness (QED) is 0.638. The first-order chi connectivity index (χ1) is 9.17. The van der Waals surface area contributed by atoms with Gasteiger partial charge in [-0.05, 0) is 12.1 Å². The molecular weight excluding hydrogens is 266 g/mol. The largest absolute Gasteiger partial charge is 0.496 e. The molecule has 0 aliphatic rings. The lowest BCUT2D eigenvalue weighted by atomic mass is 10.0. The Balaban J connectivity index is 2.65. The molecule has 0 radical (unpaired) electrons. The fourth-order valence-corrected chi connectivity index (χ4v) is 1.95. The monoisotopic (exact) mass is 277 g/mol. The summed E-state index contributed by atoms with van der Waals surface area (Å²) >= 11 is 5.83. The Bertz CT molecular complexity index is 613. The fourth-order valence-electron chi connectivity index (χ4n) is 1.79. The zero-order valence-electron chi connectivity index (χ0n) is 10.5. The summed E-state index contributed by atoms with van der Waals surface area (Å²) in [6, 6.07) is 8.84. The van der Waals surface area contributed by atoms with E-state index in [0.29, 0.717) is 16.9 Å². The molecule has 5 heteroatoms. The molecule has 0 N–H and O–H groups in total. The predicted molar refractivity (Wildman–Crippen MR) is 72.6 cm³/mol. The molecule has 0 saturated heterocycles. The van der Waals surface area contributed by atoms with Crippen LogP contribution in [0.15, 0.2) is 36.5 Å². The van der Waals surface area contributed by atoms with E-state index in [4.69, 9.17) is 21.1 Å². The van der Waals surface area contributed by atoms with Crippen molar-refractivity contribution in [2.24, 2.45) is 0 Å². The van der Waals surface area contributed by atoms with Crippen LogP contribution in [0.1, 0.15) is 10.4 Å². The maximum atomic E-state index is 11.8. The van der Waals surface area contributed by atoms with Gasteiger partial charge in [0.05, 0.1) is 19.8 Å². The molecule has 0 amide bonds. The van der Waals surface area contributed by atoms with Gasteiger partial charge in [0.2, 0.25) is 0 Å². The molecule has 4 nitrogen and oxygen atoms in total. The van der Waals surface area contributed by atoms with Crippen LogP contribution >= 0.6 is 11.6 Å². The first-order valence-corrected chi connectivity index (χ1v) is 5.92. The zero-order chi connectivity index (χ0) is 13.8. The van der Waals surface area contributed by atoms with Crippen molar-refractivity contribution in [1.82, 2.24) is 4.98 Å². The molecule has 1 aromatic heterocycles. The fraction of sp³-hybridized carbons (Fsp3) is 0.143. The second kappa shape index (κ2) is 5.71. The van der Waals surface area contributed by atoms with Gasteiger partial charge in [-0.15, -0.1) is 0 Å². The third-order valence-corrected chi connectivity index (χ3v) is 2.88. The second-order valence-corrected chi connectivity index (χ2v) is 4.13. The molecule has 1 aromatic carbocycles. The number of ether oxygens (including phenoxy) is 2. The standard InChI is InChI=1S/C14H12ClNO3/c1-18-12-6-4-3-5-9(12)11-8-16-13(15)7-10(11)14(17)19-2/h3-8H,1-2H3. The smallest absolute Gasteiger partial charge is 0.338 e. The summed E-state index contributed by atoms with van der Waals surface area (Å²) in [6.45, 7) is 0. The summed E-state index contributed by atoms with van der Waals surface area (Å²) in [5.41, 5.74) is 1.73. The van der Waals surface area contributed by atoms with Crippen LogP contribution in [0.3, 0.4) is 0 Å². The lowest BCUT2D eigenvalue weighted by Gasteiger charge is -2.11. The Morgan fingerprint density at radius 1 is 1.21 bits per heavy atom. The van der Waals surface area contributed by atoms with E-state index in [9.17, 15) is 4.79 Å². The highest BCUT2D eigenvalue weighted by Gasteiger charge is 2.17. The minimum atomic E-state index is -0.467. The molecule has 0 fully saturated rings. The van der Waals surface area contributed by atoms with Crippen LogP contribution in [-0.2, 0) is 4.74 Å². The van der Waals surface area contributed by atoms with Gasteiger partial charge in [0.25, 0.3) is 0 Å². The van der Waals surface area contributed by atoms with Crippen LogP contribution < -0.4 is 4.74 Å². The molecule has 19 heavy (non-hydrogen) atoms. The van der Waals surface area contributed by atoms with Crippen LogP contribution in [0.5, 0.6) is 5.75 Å².